The number of benzene rings is 1. The van der Waals surface area contributed by atoms with Gasteiger partial charge in [0.2, 0.25) is 0 Å². The number of nitrogens with one attached hydrogen (secondary N) is 1. The standard InChI is InChI=1S/C13H15N5S/c1-3-9-4-5-11-12(6-9)19-13(16-11)14-7-10-8-15-17-18(10)2/h4-6,8H,3,7H2,1-2H3,(H,14,16). The maximum atomic E-state index is 4.57. The Balaban J connectivity index is 1.80. The van der Waals surface area contributed by atoms with Crippen molar-refractivity contribution in [1.82, 2.24) is 20.0 Å². The number of hydrogen-bond acceptors (Lipinski definition) is 5. The second-order valence-corrected chi connectivity index (χ2v) is 5.41. The number of nitrogens with zero attached hydrogens (tertiary/aromatic N) is 4. The second kappa shape index (κ2) is 4.97. The van der Waals surface area contributed by atoms with Crippen LogP contribution in [-0.2, 0) is 20.0 Å². The van der Waals surface area contributed by atoms with Crippen LogP contribution in [0.3, 0.4) is 0 Å². The Morgan fingerprint density at radius 1 is 1.37 bits per heavy atom. The second-order valence-electron chi connectivity index (χ2n) is 4.38. The van der Waals surface area contributed by atoms with Crippen LogP contribution < -0.4 is 5.32 Å². The largest absolute Gasteiger partial charge is 0.356 e. The summed E-state index contributed by atoms with van der Waals surface area (Å²) in [5, 5.41) is 12.0. The van der Waals surface area contributed by atoms with Crippen molar-refractivity contribution in [3.63, 3.8) is 0 Å². The van der Waals surface area contributed by atoms with Crippen LogP contribution >= 0.6 is 11.3 Å². The number of aromatic nitrogens is 4. The van der Waals surface area contributed by atoms with E-state index in [1.54, 1.807) is 22.2 Å². The average Bonchev–Trinajstić information content (AvgIpc) is 3.01. The fraction of sp³-hybridized carbons (Fsp3) is 0.308. The molecule has 0 aliphatic rings. The van der Waals surface area contributed by atoms with Gasteiger partial charge < -0.3 is 5.32 Å². The van der Waals surface area contributed by atoms with Gasteiger partial charge in [-0.25, -0.2) is 4.98 Å². The van der Waals surface area contributed by atoms with Crippen molar-refractivity contribution in [2.75, 3.05) is 5.32 Å². The van der Waals surface area contributed by atoms with Crippen LogP contribution in [0.5, 0.6) is 0 Å². The molecule has 0 unspecified atom stereocenters. The van der Waals surface area contributed by atoms with Gasteiger partial charge in [-0.05, 0) is 24.1 Å². The predicted molar refractivity (Wildman–Crippen MR) is 77.3 cm³/mol. The molecule has 0 atom stereocenters. The summed E-state index contributed by atoms with van der Waals surface area (Å²) in [6.07, 6.45) is 2.81. The van der Waals surface area contributed by atoms with Crippen LogP contribution in [0.2, 0.25) is 0 Å². The van der Waals surface area contributed by atoms with Crippen LogP contribution in [0.4, 0.5) is 5.13 Å². The molecule has 19 heavy (non-hydrogen) atoms. The van der Waals surface area contributed by atoms with Gasteiger partial charge in [0.25, 0.3) is 0 Å². The molecule has 0 radical (unpaired) electrons. The smallest absolute Gasteiger partial charge is 0.184 e. The molecule has 0 aliphatic carbocycles. The minimum atomic E-state index is 0.684. The Hall–Kier alpha value is -1.95. The number of anilines is 1. The number of rotatable bonds is 4. The summed E-state index contributed by atoms with van der Waals surface area (Å²) in [6.45, 7) is 2.85. The average molecular weight is 273 g/mol. The topological polar surface area (TPSA) is 55.6 Å². The Morgan fingerprint density at radius 2 is 2.26 bits per heavy atom. The fourth-order valence-corrected chi connectivity index (χ4v) is 2.83. The van der Waals surface area contributed by atoms with Crippen molar-refractivity contribution < 1.29 is 0 Å². The van der Waals surface area contributed by atoms with Gasteiger partial charge in [0.15, 0.2) is 5.13 Å². The van der Waals surface area contributed by atoms with Crippen molar-refractivity contribution in [3.05, 3.63) is 35.7 Å². The third-order valence-electron chi connectivity index (χ3n) is 3.09. The monoisotopic (exact) mass is 273 g/mol. The highest BCUT2D eigenvalue weighted by molar-refractivity contribution is 7.22. The highest BCUT2D eigenvalue weighted by Gasteiger charge is 2.05. The lowest BCUT2D eigenvalue weighted by atomic mass is 10.2. The third kappa shape index (κ3) is 2.44. The molecule has 0 bridgehead atoms. The molecule has 5 nitrogen and oxygen atoms in total. The van der Waals surface area contributed by atoms with Gasteiger partial charge in [0.05, 0.1) is 28.7 Å². The minimum Gasteiger partial charge on any atom is -0.356 e. The maximum Gasteiger partial charge on any atom is 0.184 e. The Bertz CT molecular complexity index is 700. The molecular weight excluding hydrogens is 258 g/mol. The van der Waals surface area contributed by atoms with Crippen LogP contribution in [-0.4, -0.2) is 20.0 Å². The molecule has 1 aromatic carbocycles. The van der Waals surface area contributed by atoms with E-state index in [2.05, 4.69) is 45.7 Å². The van der Waals surface area contributed by atoms with Crippen molar-refractivity contribution in [1.29, 1.82) is 0 Å². The summed E-state index contributed by atoms with van der Waals surface area (Å²) in [5.74, 6) is 0. The molecular formula is C13H15N5S. The van der Waals surface area contributed by atoms with E-state index >= 15 is 0 Å². The zero-order valence-electron chi connectivity index (χ0n) is 10.9. The quantitative estimate of drug-likeness (QED) is 0.794. The first-order chi connectivity index (χ1) is 9.26. The zero-order valence-corrected chi connectivity index (χ0v) is 11.7. The normalized spacial score (nSPS) is 11.1. The minimum absolute atomic E-state index is 0.684. The third-order valence-corrected chi connectivity index (χ3v) is 4.07. The Morgan fingerprint density at radius 3 is 3.00 bits per heavy atom. The van der Waals surface area contributed by atoms with Crippen LogP contribution in [0, 0.1) is 0 Å². The summed E-state index contributed by atoms with van der Waals surface area (Å²) < 4.78 is 2.99. The van der Waals surface area contributed by atoms with E-state index in [4.69, 9.17) is 0 Å². The number of hydrogen-bond donors (Lipinski definition) is 1. The van der Waals surface area contributed by atoms with Crippen molar-refractivity contribution >= 4 is 26.7 Å². The first kappa shape index (κ1) is 12.1. The van der Waals surface area contributed by atoms with Gasteiger partial charge in [-0.2, -0.15) is 0 Å². The predicted octanol–water partition coefficient (Wildman–Crippen LogP) is 2.60. The van der Waals surface area contributed by atoms with E-state index in [0.717, 1.165) is 22.8 Å². The first-order valence-electron chi connectivity index (χ1n) is 6.23. The lowest BCUT2D eigenvalue weighted by Crippen LogP contribution is -2.04. The van der Waals surface area contributed by atoms with Crippen molar-refractivity contribution in [2.45, 2.75) is 19.9 Å². The number of thiazole rings is 1. The van der Waals surface area contributed by atoms with Gasteiger partial charge in [-0.1, -0.05) is 29.5 Å². The van der Waals surface area contributed by atoms with Crippen molar-refractivity contribution in [3.8, 4) is 0 Å². The Kier molecular flexibility index (Phi) is 3.16. The number of aryl methyl sites for hydroxylation is 2. The molecule has 2 heterocycles. The molecule has 2 aromatic heterocycles. The molecule has 0 aliphatic heterocycles. The van der Waals surface area contributed by atoms with Crippen LogP contribution in [0.25, 0.3) is 10.2 Å². The lowest BCUT2D eigenvalue weighted by molar-refractivity contribution is 0.683. The lowest BCUT2D eigenvalue weighted by Gasteiger charge is -2.00. The zero-order chi connectivity index (χ0) is 13.2. The van der Waals surface area contributed by atoms with Gasteiger partial charge in [0.1, 0.15) is 0 Å². The molecule has 0 amide bonds. The van der Waals surface area contributed by atoms with Gasteiger partial charge in [-0.3, -0.25) is 4.68 Å². The van der Waals surface area contributed by atoms with E-state index < -0.39 is 0 Å². The Labute approximate surface area is 115 Å². The SMILES string of the molecule is CCc1ccc2nc(NCc3cnnn3C)sc2c1. The van der Waals surface area contributed by atoms with E-state index in [9.17, 15) is 0 Å². The van der Waals surface area contributed by atoms with Gasteiger partial charge >= 0.3 is 0 Å². The van der Waals surface area contributed by atoms with Crippen LogP contribution in [0.1, 0.15) is 18.2 Å². The van der Waals surface area contributed by atoms with E-state index in [0.29, 0.717) is 6.54 Å². The van der Waals surface area contributed by atoms with Crippen molar-refractivity contribution in [2.24, 2.45) is 7.05 Å². The molecule has 0 fully saturated rings. The summed E-state index contributed by atoms with van der Waals surface area (Å²) in [6, 6.07) is 6.43. The summed E-state index contributed by atoms with van der Waals surface area (Å²) in [7, 11) is 1.88. The molecule has 3 rings (SSSR count). The summed E-state index contributed by atoms with van der Waals surface area (Å²) in [5.41, 5.74) is 3.43. The molecule has 0 saturated carbocycles. The van der Waals surface area contributed by atoms with E-state index in [-0.39, 0.29) is 0 Å². The molecule has 0 saturated heterocycles. The van der Waals surface area contributed by atoms with E-state index in [1.165, 1.54) is 10.3 Å². The maximum absolute atomic E-state index is 4.57. The molecule has 1 N–H and O–H groups in total. The highest BCUT2D eigenvalue weighted by Crippen LogP contribution is 2.27. The summed E-state index contributed by atoms with van der Waals surface area (Å²) in [4.78, 5) is 4.57. The van der Waals surface area contributed by atoms with Gasteiger partial charge in [0, 0.05) is 7.05 Å². The number of fused-ring (bicyclic) bond motifs is 1. The highest BCUT2D eigenvalue weighted by atomic mass is 32.1. The fourth-order valence-electron chi connectivity index (χ4n) is 1.90. The molecule has 6 heteroatoms. The van der Waals surface area contributed by atoms with E-state index in [1.807, 2.05) is 7.05 Å². The van der Waals surface area contributed by atoms with Crippen LogP contribution in [0.15, 0.2) is 24.4 Å². The molecule has 98 valence electrons. The summed E-state index contributed by atoms with van der Waals surface area (Å²) >= 11 is 1.68. The first-order valence-corrected chi connectivity index (χ1v) is 7.05. The molecule has 3 aromatic rings. The molecule has 0 spiro atoms. The van der Waals surface area contributed by atoms with Gasteiger partial charge in [-0.15, -0.1) is 5.10 Å².